The largest absolute Gasteiger partial charge is 0.419 e. The van der Waals surface area contributed by atoms with Crippen molar-refractivity contribution in [2.75, 3.05) is 5.43 Å². The Kier molecular flexibility index (Phi) is 2.99. The number of alkyl halides is 6. The molecule has 0 atom stereocenters. The summed E-state index contributed by atoms with van der Waals surface area (Å²) in [4.78, 5) is 2.89. The number of nitrogens with zero attached hydrogens (tertiary/aromatic N) is 1. The highest BCUT2D eigenvalue weighted by atomic mass is 19.4. The van der Waals surface area contributed by atoms with Crippen molar-refractivity contribution in [3.63, 3.8) is 0 Å². The fraction of sp³-hybridized carbons (Fsp3) is 0.286. The van der Waals surface area contributed by atoms with Crippen molar-refractivity contribution >= 4 is 5.69 Å². The Bertz CT molecular complexity index is 350. The van der Waals surface area contributed by atoms with Crippen molar-refractivity contribution in [2.45, 2.75) is 12.4 Å². The highest BCUT2D eigenvalue weighted by Gasteiger charge is 2.41. The number of pyridine rings is 1. The molecule has 0 radical (unpaired) electrons. The van der Waals surface area contributed by atoms with E-state index in [1.807, 2.05) is 0 Å². The molecule has 0 unspecified atom stereocenters. The van der Waals surface area contributed by atoms with Crippen LogP contribution in [0.2, 0.25) is 0 Å². The number of nitrogens with two attached hydrogens (primary N) is 1. The van der Waals surface area contributed by atoms with Gasteiger partial charge in [-0.2, -0.15) is 26.3 Å². The third kappa shape index (κ3) is 2.35. The third-order valence-corrected chi connectivity index (χ3v) is 1.70. The lowest BCUT2D eigenvalue weighted by molar-refractivity contribution is -0.142. The second-order valence-electron chi connectivity index (χ2n) is 2.75. The topological polar surface area (TPSA) is 50.9 Å². The summed E-state index contributed by atoms with van der Waals surface area (Å²) in [6.07, 6.45) is -9.39. The Morgan fingerprint density at radius 3 is 1.56 bits per heavy atom. The molecule has 0 saturated carbocycles. The maximum Gasteiger partial charge on any atom is 0.419 e. The van der Waals surface area contributed by atoms with E-state index in [2.05, 4.69) is 10.8 Å². The summed E-state index contributed by atoms with van der Waals surface area (Å²) in [5.74, 6) is 4.67. The molecule has 0 fully saturated rings. The van der Waals surface area contributed by atoms with Gasteiger partial charge in [-0.1, -0.05) is 0 Å². The summed E-state index contributed by atoms with van der Waals surface area (Å²) >= 11 is 0. The number of rotatable bonds is 1. The molecule has 0 aliphatic rings. The van der Waals surface area contributed by atoms with Gasteiger partial charge in [-0.05, 0) is 0 Å². The fourth-order valence-electron chi connectivity index (χ4n) is 1.05. The van der Waals surface area contributed by atoms with Crippen LogP contribution < -0.4 is 11.3 Å². The molecule has 0 spiro atoms. The van der Waals surface area contributed by atoms with Crippen LogP contribution in [0, 0.1) is 0 Å². The summed E-state index contributed by atoms with van der Waals surface area (Å²) in [6.45, 7) is 0. The molecule has 3 nitrogen and oxygen atoms in total. The summed E-state index contributed by atoms with van der Waals surface area (Å²) in [5, 5.41) is 0. The van der Waals surface area contributed by atoms with Gasteiger partial charge >= 0.3 is 12.4 Å². The number of aromatic nitrogens is 1. The molecule has 0 saturated heterocycles. The van der Waals surface area contributed by atoms with Crippen LogP contribution in [-0.2, 0) is 12.4 Å². The van der Waals surface area contributed by atoms with E-state index in [0.717, 1.165) is 0 Å². The van der Waals surface area contributed by atoms with Crippen molar-refractivity contribution in [1.82, 2.24) is 4.98 Å². The van der Waals surface area contributed by atoms with Crippen molar-refractivity contribution in [2.24, 2.45) is 5.84 Å². The summed E-state index contributed by atoms with van der Waals surface area (Å²) in [5.41, 5.74) is -2.97. The molecule has 1 heterocycles. The van der Waals surface area contributed by atoms with Gasteiger partial charge in [0.1, 0.15) is 0 Å². The van der Waals surface area contributed by atoms with Crippen LogP contribution in [0.4, 0.5) is 32.0 Å². The molecule has 0 aliphatic carbocycles. The van der Waals surface area contributed by atoms with Crippen LogP contribution in [0.1, 0.15) is 11.1 Å². The number of hydrazine groups is 1. The highest BCUT2D eigenvalue weighted by Crippen LogP contribution is 2.41. The van der Waals surface area contributed by atoms with Gasteiger partial charge in [0.15, 0.2) is 0 Å². The van der Waals surface area contributed by atoms with Crippen LogP contribution in [0.15, 0.2) is 12.4 Å². The molecule has 16 heavy (non-hydrogen) atoms. The predicted octanol–water partition coefficient (Wildman–Crippen LogP) is 2.40. The first kappa shape index (κ1) is 12.6. The van der Waals surface area contributed by atoms with Crippen LogP contribution in [-0.4, -0.2) is 4.98 Å². The van der Waals surface area contributed by atoms with Crippen LogP contribution in [0.25, 0.3) is 0 Å². The first-order valence-electron chi connectivity index (χ1n) is 3.77. The van der Waals surface area contributed by atoms with Crippen LogP contribution in [0.3, 0.4) is 0 Å². The van der Waals surface area contributed by atoms with E-state index in [9.17, 15) is 26.3 Å². The fourth-order valence-corrected chi connectivity index (χ4v) is 1.05. The Hall–Kier alpha value is -1.51. The Morgan fingerprint density at radius 2 is 1.31 bits per heavy atom. The number of hydrogen-bond donors (Lipinski definition) is 2. The molecule has 0 aliphatic heterocycles. The Labute approximate surface area is 85.2 Å². The molecule has 1 rings (SSSR count). The molecule has 0 amide bonds. The lowest BCUT2D eigenvalue weighted by Gasteiger charge is -2.16. The van der Waals surface area contributed by atoms with Gasteiger partial charge in [-0.3, -0.25) is 10.8 Å². The number of halogens is 6. The lowest BCUT2D eigenvalue weighted by atomic mass is 10.1. The molecule has 0 bridgehead atoms. The number of anilines is 1. The SMILES string of the molecule is NNc1c(C(F)(F)F)cncc1C(F)(F)F. The summed E-state index contributed by atoms with van der Waals surface area (Å²) < 4.78 is 73.8. The van der Waals surface area contributed by atoms with Gasteiger partial charge < -0.3 is 5.43 Å². The van der Waals surface area contributed by atoms with Gasteiger partial charge in [0.05, 0.1) is 16.8 Å². The molecular weight excluding hydrogens is 240 g/mol. The average Bonchev–Trinajstić information content (AvgIpc) is 2.13. The molecule has 1 aromatic rings. The van der Waals surface area contributed by atoms with E-state index in [1.54, 1.807) is 0 Å². The molecule has 3 N–H and O–H groups in total. The summed E-state index contributed by atoms with van der Waals surface area (Å²) in [6, 6.07) is 0. The maximum atomic E-state index is 12.3. The van der Waals surface area contributed by atoms with Gasteiger partial charge in [0.25, 0.3) is 0 Å². The quantitative estimate of drug-likeness (QED) is 0.453. The third-order valence-electron chi connectivity index (χ3n) is 1.70. The molecule has 9 heteroatoms. The van der Waals surface area contributed by atoms with Crippen LogP contribution >= 0.6 is 0 Å². The second kappa shape index (κ2) is 3.81. The monoisotopic (exact) mass is 245 g/mol. The van der Waals surface area contributed by atoms with Gasteiger partial charge in [0.2, 0.25) is 0 Å². The average molecular weight is 245 g/mol. The first-order valence-corrected chi connectivity index (χ1v) is 3.77. The van der Waals surface area contributed by atoms with Crippen molar-refractivity contribution in [3.8, 4) is 0 Å². The lowest BCUT2D eigenvalue weighted by Crippen LogP contribution is -2.20. The zero-order chi connectivity index (χ0) is 12.6. The van der Waals surface area contributed by atoms with Crippen LogP contribution in [0.5, 0.6) is 0 Å². The molecule has 0 aromatic carbocycles. The first-order chi connectivity index (χ1) is 7.18. The van der Waals surface area contributed by atoms with Crippen molar-refractivity contribution in [1.29, 1.82) is 0 Å². The normalized spacial score (nSPS) is 12.7. The van der Waals surface area contributed by atoms with Gasteiger partial charge in [0, 0.05) is 12.4 Å². The van der Waals surface area contributed by atoms with E-state index < -0.39 is 29.2 Å². The minimum Gasteiger partial charge on any atom is -0.323 e. The minimum absolute atomic E-state index is 0.268. The van der Waals surface area contributed by atoms with Gasteiger partial charge in [-0.15, -0.1) is 0 Å². The smallest absolute Gasteiger partial charge is 0.323 e. The number of nitrogen functional groups attached to an aromatic ring is 1. The van der Waals surface area contributed by atoms with Crippen molar-refractivity contribution < 1.29 is 26.3 Å². The standard InChI is InChI=1S/C7H5F6N3/c8-6(9,10)3-1-15-2-4(5(3)16-14)7(11,12)13/h1-2H,14H2,(H,15,16). The number of nitrogens with one attached hydrogen (secondary N) is 1. The second-order valence-corrected chi connectivity index (χ2v) is 2.75. The zero-order valence-electron chi connectivity index (χ0n) is 7.45. The van der Waals surface area contributed by atoms with Crippen molar-refractivity contribution in [3.05, 3.63) is 23.5 Å². The highest BCUT2D eigenvalue weighted by molar-refractivity contribution is 5.57. The Balaban J connectivity index is 3.45. The number of hydrogen-bond acceptors (Lipinski definition) is 3. The summed E-state index contributed by atoms with van der Waals surface area (Å²) in [7, 11) is 0. The minimum atomic E-state index is -4.96. The van der Waals surface area contributed by atoms with E-state index in [-0.39, 0.29) is 12.4 Å². The molecular formula is C7H5F6N3. The molecule has 90 valence electrons. The predicted molar refractivity (Wildman–Crippen MR) is 42.1 cm³/mol. The van der Waals surface area contributed by atoms with E-state index >= 15 is 0 Å². The van der Waals surface area contributed by atoms with E-state index in [0.29, 0.717) is 0 Å². The van der Waals surface area contributed by atoms with Gasteiger partial charge in [-0.25, -0.2) is 0 Å². The Morgan fingerprint density at radius 1 is 0.938 bits per heavy atom. The molecule has 1 aromatic heterocycles. The van der Waals surface area contributed by atoms with E-state index in [4.69, 9.17) is 0 Å². The van der Waals surface area contributed by atoms with E-state index in [1.165, 1.54) is 5.43 Å². The maximum absolute atomic E-state index is 12.3. The zero-order valence-corrected chi connectivity index (χ0v) is 7.45.